The summed E-state index contributed by atoms with van der Waals surface area (Å²) in [5.41, 5.74) is 1.24. The summed E-state index contributed by atoms with van der Waals surface area (Å²) < 4.78 is 0.136. The molecule has 0 aromatic heterocycles. The number of allylic oxidation sites excluding steroid dienone is 2. The molecule has 6 heteroatoms. The maximum atomic E-state index is 5.25. The van der Waals surface area contributed by atoms with E-state index in [4.69, 9.17) is 69.6 Å². The molecule has 0 aliphatic heterocycles. The Hall–Kier alpha value is 1.22. The fourth-order valence-corrected chi connectivity index (χ4v) is 0.262. The molecule has 0 saturated heterocycles. The van der Waals surface area contributed by atoms with Crippen LogP contribution in [-0.2, 0) is 0 Å². The normalized spacial score (nSPS) is 10.1. The van der Waals surface area contributed by atoms with E-state index in [-0.39, 0.29) is 4.49 Å². The lowest BCUT2D eigenvalue weighted by Gasteiger charge is -1.79. The van der Waals surface area contributed by atoms with Crippen molar-refractivity contribution in [3.63, 3.8) is 0 Å². The molecule has 0 unspecified atom stereocenters. The van der Waals surface area contributed by atoms with Gasteiger partial charge in [0.1, 0.15) is 4.49 Å². The zero-order valence-electron chi connectivity index (χ0n) is 6.05. The molecule has 0 aliphatic carbocycles. The van der Waals surface area contributed by atoms with Crippen molar-refractivity contribution in [2.45, 2.75) is 6.92 Å². The van der Waals surface area contributed by atoms with Crippen molar-refractivity contribution in [2.24, 2.45) is 0 Å². The van der Waals surface area contributed by atoms with Crippen LogP contribution in [0.4, 0.5) is 0 Å². The Labute approximate surface area is 102 Å². The van der Waals surface area contributed by atoms with Gasteiger partial charge in [-0.3, -0.25) is 0 Å². The van der Waals surface area contributed by atoms with Gasteiger partial charge in [-0.05, 0) is 6.92 Å². The maximum absolute atomic E-state index is 5.25. The minimum absolute atomic E-state index is 0.136. The second-order valence-electron chi connectivity index (χ2n) is 1.48. The smallest absolute Gasteiger partial charge is 0.121 e. The van der Waals surface area contributed by atoms with Crippen molar-refractivity contribution in [3.05, 3.63) is 20.1 Å². The van der Waals surface area contributed by atoms with Crippen LogP contribution in [0.15, 0.2) is 20.1 Å². The second kappa shape index (κ2) is 10.3. The van der Waals surface area contributed by atoms with Crippen LogP contribution in [0.5, 0.6) is 0 Å². The molecule has 12 heavy (non-hydrogen) atoms. The van der Waals surface area contributed by atoms with Gasteiger partial charge in [-0.2, -0.15) is 0 Å². The number of rotatable bonds is 1. The topological polar surface area (TPSA) is 0 Å². The van der Waals surface area contributed by atoms with Gasteiger partial charge in [0.15, 0.2) is 0 Å². The molecule has 0 saturated carbocycles. The van der Waals surface area contributed by atoms with Crippen LogP contribution >= 0.6 is 69.6 Å². The number of alkyl halides is 1. The van der Waals surface area contributed by atoms with Crippen molar-refractivity contribution < 1.29 is 0 Å². The van der Waals surface area contributed by atoms with Gasteiger partial charge in [0.25, 0.3) is 0 Å². The Morgan fingerprint density at radius 1 is 1.17 bits per heavy atom. The first-order chi connectivity index (χ1) is 5.45. The predicted molar refractivity (Wildman–Crippen MR) is 60.8 cm³/mol. The van der Waals surface area contributed by atoms with Crippen molar-refractivity contribution in [3.8, 4) is 0 Å². The van der Waals surface area contributed by atoms with E-state index in [0.29, 0.717) is 15.9 Å². The summed E-state index contributed by atoms with van der Waals surface area (Å²) in [6, 6.07) is 0. The quantitative estimate of drug-likeness (QED) is 0.564. The van der Waals surface area contributed by atoms with Crippen LogP contribution in [0.2, 0.25) is 0 Å². The SMILES string of the molecule is CC(Cl)=C(Cl)Cl.ClC=C(Cl)CCl. The molecule has 0 N–H and O–H groups in total. The van der Waals surface area contributed by atoms with E-state index < -0.39 is 0 Å². The van der Waals surface area contributed by atoms with Gasteiger partial charge >= 0.3 is 0 Å². The molecule has 0 spiro atoms. The van der Waals surface area contributed by atoms with Crippen LogP contribution in [0.3, 0.4) is 0 Å². The molecule has 0 amide bonds. The van der Waals surface area contributed by atoms with Gasteiger partial charge in [-0.1, -0.05) is 58.0 Å². The molecule has 0 heterocycles. The summed E-state index contributed by atoms with van der Waals surface area (Å²) >= 11 is 31.0. The van der Waals surface area contributed by atoms with Gasteiger partial charge in [0.05, 0.1) is 5.88 Å². The first-order valence-corrected chi connectivity index (χ1v) is 5.12. The fourth-order valence-electron chi connectivity index (χ4n) is 0.0292. The van der Waals surface area contributed by atoms with E-state index in [1.807, 2.05) is 0 Å². The molecule has 72 valence electrons. The van der Waals surface area contributed by atoms with Gasteiger partial charge in [0.2, 0.25) is 0 Å². The Balaban J connectivity index is 0. The Kier molecular flexibility index (Phi) is 13.5. The molecular weight excluding hydrogens is 285 g/mol. The van der Waals surface area contributed by atoms with Gasteiger partial charge < -0.3 is 0 Å². The van der Waals surface area contributed by atoms with E-state index in [0.717, 1.165) is 0 Å². The third kappa shape index (κ3) is 13.8. The van der Waals surface area contributed by atoms with Crippen molar-refractivity contribution >= 4 is 69.6 Å². The third-order valence-electron chi connectivity index (χ3n) is 0.506. The summed E-state index contributed by atoms with van der Waals surface area (Å²) in [5.74, 6) is 0.297. The van der Waals surface area contributed by atoms with Crippen molar-refractivity contribution in [1.29, 1.82) is 0 Å². The summed E-state index contributed by atoms with van der Waals surface area (Å²) in [5, 5.41) is 0.900. The first kappa shape index (κ1) is 15.7. The van der Waals surface area contributed by atoms with Crippen molar-refractivity contribution in [1.82, 2.24) is 0 Å². The summed E-state index contributed by atoms with van der Waals surface area (Å²) in [6.07, 6.45) is 0. The lowest BCUT2D eigenvalue weighted by Crippen LogP contribution is -1.64. The van der Waals surface area contributed by atoms with Gasteiger partial charge in [0, 0.05) is 15.6 Å². The molecule has 0 nitrogen and oxygen atoms in total. The molecule has 0 bridgehead atoms. The van der Waals surface area contributed by atoms with Crippen LogP contribution in [0.1, 0.15) is 6.92 Å². The van der Waals surface area contributed by atoms with Crippen LogP contribution in [-0.4, -0.2) is 5.88 Å². The van der Waals surface area contributed by atoms with E-state index in [1.54, 1.807) is 6.92 Å². The largest absolute Gasteiger partial charge is 0.121 e. The Morgan fingerprint density at radius 2 is 1.50 bits per heavy atom. The van der Waals surface area contributed by atoms with E-state index in [9.17, 15) is 0 Å². The Bertz CT molecular complexity index is 153. The lowest BCUT2D eigenvalue weighted by molar-refractivity contribution is 1.68. The predicted octanol–water partition coefficient (Wildman–Crippen LogP) is 5.44. The summed E-state index contributed by atoms with van der Waals surface area (Å²) in [6.45, 7) is 1.62. The summed E-state index contributed by atoms with van der Waals surface area (Å²) in [7, 11) is 0. The molecule has 0 radical (unpaired) electrons. The second-order valence-corrected chi connectivity index (χ2v) is 3.97. The first-order valence-electron chi connectivity index (χ1n) is 2.63. The highest BCUT2D eigenvalue weighted by atomic mass is 35.5. The molecule has 0 aliphatic rings. The standard InChI is InChI=1S/2C3H3Cl3/c4-1-3(6)2-5;1-2(4)3(5)6/h1H,2H2;1H3. The van der Waals surface area contributed by atoms with Gasteiger partial charge in [-0.25, -0.2) is 0 Å². The molecular formula is C6H6Cl6. The average molecular weight is 291 g/mol. The molecule has 0 atom stereocenters. The highest BCUT2D eigenvalue weighted by Crippen LogP contribution is 2.15. The van der Waals surface area contributed by atoms with E-state index >= 15 is 0 Å². The minimum Gasteiger partial charge on any atom is -0.121 e. The van der Waals surface area contributed by atoms with E-state index in [2.05, 4.69) is 0 Å². The molecule has 0 aromatic carbocycles. The highest BCUT2D eigenvalue weighted by molar-refractivity contribution is 6.59. The zero-order chi connectivity index (χ0) is 10.1. The third-order valence-corrected chi connectivity index (χ3v) is 2.50. The van der Waals surface area contributed by atoms with Gasteiger partial charge in [-0.15, -0.1) is 11.6 Å². The van der Waals surface area contributed by atoms with Crippen molar-refractivity contribution in [2.75, 3.05) is 5.88 Å². The summed E-state index contributed by atoms with van der Waals surface area (Å²) in [4.78, 5) is 0. The fraction of sp³-hybridized carbons (Fsp3) is 0.333. The Morgan fingerprint density at radius 3 is 1.50 bits per heavy atom. The van der Waals surface area contributed by atoms with E-state index in [1.165, 1.54) is 5.54 Å². The number of halogens is 6. The maximum Gasteiger partial charge on any atom is 0.121 e. The number of hydrogen-bond acceptors (Lipinski definition) is 0. The average Bonchev–Trinajstić information content (AvgIpc) is 2.04. The molecule has 0 rings (SSSR count). The minimum atomic E-state index is 0.136. The van der Waals surface area contributed by atoms with Crippen LogP contribution in [0.25, 0.3) is 0 Å². The molecule has 0 aromatic rings. The monoisotopic (exact) mass is 288 g/mol. The van der Waals surface area contributed by atoms with Crippen LogP contribution in [0, 0.1) is 0 Å². The highest BCUT2D eigenvalue weighted by Gasteiger charge is 1.84. The molecule has 0 fully saturated rings. The van der Waals surface area contributed by atoms with Crippen LogP contribution < -0.4 is 0 Å². The lowest BCUT2D eigenvalue weighted by atomic mass is 10.7. The number of hydrogen-bond donors (Lipinski definition) is 0. The zero-order valence-corrected chi connectivity index (χ0v) is 10.6.